The van der Waals surface area contributed by atoms with E-state index in [1.54, 1.807) is 19.2 Å². The molecule has 140 valence electrons. The van der Waals surface area contributed by atoms with Crippen molar-refractivity contribution >= 4 is 40.0 Å². The molecule has 0 radical (unpaired) electrons. The van der Waals surface area contributed by atoms with Crippen molar-refractivity contribution in [3.8, 4) is 0 Å². The summed E-state index contributed by atoms with van der Waals surface area (Å²) in [6.45, 7) is 4.08. The predicted molar refractivity (Wildman–Crippen MR) is 107 cm³/mol. The molecule has 2 aliphatic heterocycles. The van der Waals surface area contributed by atoms with Crippen LogP contribution in [0.2, 0.25) is 0 Å². The zero-order chi connectivity index (χ0) is 17.2. The van der Waals surface area contributed by atoms with Crippen LogP contribution in [0.1, 0.15) is 18.4 Å². The Morgan fingerprint density at radius 2 is 2.24 bits per heavy atom. The molecule has 3 rings (SSSR count). The minimum atomic E-state index is -3.68. The maximum Gasteiger partial charge on any atom is 0.238 e. The molecule has 2 heterocycles. The molecular weight excluding hydrogens is 455 g/mol. The molecule has 25 heavy (non-hydrogen) atoms. The van der Waals surface area contributed by atoms with Gasteiger partial charge in [-0.25, -0.2) is 13.6 Å². The van der Waals surface area contributed by atoms with Gasteiger partial charge in [0.2, 0.25) is 10.0 Å². The van der Waals surface area contributed by atoms with Gasteiger partial charge in [-0.2, -0.15) is 0 Å². The van der Waals surface area contributed by atoms with E-state index in [2.05, 4.69) is 15.2 Å². The van der Waals surface area contributed by atoms with Crippen molar-refractivity contribution in [3.05, 3.63) is 29.8 Å². The van der Waals surface area contributed by atoms with E-state index in [1.165, 1.54) is 6.07 Å². The standard InChI is InChI=1S/C16H24N4O3S.HI/c1-18-15(20-7-5-16(11-20)6-8-23-12-16)19-10-13-3-2-4-14(9-13)24(17,21)22;/h2-4,9H,5-8,10-12H2,1H3,(H,18,19)(H2,17,21,22);1H. The number of ether oxygens (including phenoxy) is 1. The molecule has 9 heteroatoms. The van der Waals surface area contributed by atoms with Crippen LogP contribution in [0.5, 0.6) is 0 Å². The summed E-state index contributed by atoms with van der Waals surface area (Å²) in [5, 5.41) is 8.49. The highest BCUT2D eigenvalue weighted by atomic mass is 127. The van der Waals surface area contributed by atoms with Crippen LogP contribution in [0.15, 0.2) is 34.2 Å². The Bertz CT molecular complexity index is 733. The summed E-state index contributed by atoms with van der Waals surface area (Å²) in [7, 11) is -1.92. The highest BCUT2D eigenvalue weighted by Crippen LogP contribution is 2.38. The minimum Gasteiger partial charge on any atom is -0.381 e. The lowest BCUT2D eigenvalue weighted by Gasteiger charge is -2.25. The van der Waals surface area contributed by atoms with Gasteiger partial charge in [-0.1, -0.05) is 12.1 Å². The van der Waals surface area contributed by atoms with Gasteiger partial charge < -0.3 is 15.0 Å². The van der Waals surface area contributed by atoms with Crippen LogP contribution in [-0.4, -0.2) is 52.6 Å². The van der Waals surface area contributed by atoms with E-state index in [-0.39, 0.29) is 34.3 Å². The third-order valence-electron chi connectivity index (χ3n) is 4.81. The quantitative estimate of drug-likeness (QED) is 0.384. The van der Waals surface area contributed by atoms with Crippen LogP contribution in [0.25, 0.3) is 0 Å². The van der Waals surface area contributed by atoms with Crippen molar-refractivity contribution < 1.29 is 13.2 Å². The Morgan fingerprint density at radius 1 is 1.44 bits per heavy atom. The number of benzene rings is 1. The Balaban J connectivity index is 0.00000225. The summed E-state index contributed by atoms with van der Waals surface area (Å²) >= 11 is 0. The van der Waals surface area contributed by atoms with Gasteiger partial charge in [0, 0.05) is 38.7 Å². The summed E-state index contributed by atoms with van der Waals surface area (Å²) < 4.78 is 28.5. The summed E-state index contributed by atoms with van der Waals surface area (Å²) in [6.07, 6.45) is 2.23. The molecule has 1 unspecified atom stereocenters. The van der Waals surface area contributed by atoms with Gasteiger partial charge in [-0.3, -0.25) is 4.99 Å². The molecule has 0 bridgehead atoms. The fourth-order valence-corrected chi connectivity index (χ4v) is 4.02. The van der Waals surface area contributed by atoms with E-state index >= 15 is 0 Å². The molecule has 2 fully saturated rings. The smallest absolute Gasteiger partial charge is 0.238 e. The number of primary sulfonamides is 1. The minimum absolute atomic E-state index is 0. The second kappa shape index (κ2) is 8.19. The largest absolute Gasteiger partial charge is 0.381 e. The van der Waals surface area contributed by atoms with E-state index in [0.29, 0.717) is 6.54 Å². The number of hydrogen-bond donors (Lipinski definition) is 2. The van der Waals surface area contributed by atoms with Gasteiger partial charge in [0.05, 0.1) is 11.5 Å². The first-order valence-corrected chi connectivity index (χ1v) is 9.62. The molecule has 2 saturated heterocycles. The lowest BCUT2D eigenvalue weighted by Crippen LogP contribution is -2.41. The average molecular weight is 480 g/mol. The third-order valence-corrected chi connectivity index (χ3v) is 5.72. The molecule has 1 aromatic carbocycles. The monoisotopic (exact) mass is 480 g/mol. The van der Waals surface area contributed by atoms with Crippen molar-refractivity contribution in [3.63, 3.8) is 0 Å². The van der Waals surface area contributed by atoms with Crippen molar-refractivity contribution in [2.45, 2.75) is 24.3 Å². The zero-order valence-electron chi connectivity index (χ0n) is 14.3. The van der Waals surface area contributed by atoms with E-state index in [1.807, 2.05) is 6.07 Å². The molecule has 0 saturated carbocycles. The molecular formula is C16H25IN4O3S. The Morgan fingerprint density at radius 3 is 2.88 bits per heavy atom. The number of guanidine groups is 1. The van der Waals surface area contributed by atoms with E-state index in [0.717, 1.165) is 50.7 Å². The second-order valence-electron chi connectivity index (χ2n) is 6.57. The van der Waals surface area contributed by atoms with E-state index in [9.17, 15) is 8.42 Å². The Hall–Kier alpha value is -0.910. The normalized spacial score (nSPS) is 23.8. The predicted octanol–water partition coefficient (Wildman–Crippen LogP) is 1.14. The number of hydrogen-bond acceptors (Lipinski definition) is 4. The van der Waals surface area contributed by atoms with Gasteiger partial charge in [-0.05, 0) is 30.5 Å². The molecule has 0 amide bonds. The van der Waals surface area contributed by atoms with E-state index in [4.69, 9.17) is 9.88 Å². The van der Waals surface area contributed by atoms with Crippen LogP contribution < -0.4 is 10.5 Å². The van der Waals surface area contributed by atoms with Crippen molar-refractivity contribution in [2.75, 3.05) is 33.4 Å². The zero-order valence-corrected chi connectivity index (χ0v) is 17.4. The number of likely N-dealkylation sites (tertiary alicyclic amines) is 1. The number of nitrogens with one attached hydrogen (secondary N) is 1. The summed E-state index contributed by atoms with van der Waals surface area (Å²) in [6, 6.07) is 6.65. The number of rotatable bonds is 3. The maximum absolute atomic E-state index is 11.4. The lowest BCUT2D eigenvalue weighted by atomic mass is 9.87. The molecule has 3 N–H and O–H groups in total. The van der Waals surface area contributed by atoms with Crippen LogP contribution in [-0.2, 0) is 21.3 Å². The summed E-state index contributed by atoms with van der Waals surface area (Å²) in [5.41, 5.74) is 1.12. The first-order valence-electron chi connectivity index (χ1n) is 8.07. The lowest BCUT2D eigenvalue weighted by molar-refractivity contribution is 0.156. The number of nitrogens with zero attached hydrogens (tertiary/aromatic N) is 2. The highest BCUT2D eigenvalue weighted by Gasteiger charge is 2.42. The van der Waals surface area contributed by atoms with Gasteiger partial charge in [0.1, 0.15) is 0 Å². The summed E-state index contributed by atoms with van der Waals surface area (Å²) in [4.78, 5) is 6.73. The molecule has 0 aliphatic carbocycles. The first kappa shape index (κ1) is 20.4. The van der Waals surface area contributed by atoms with Crippen LogP contribution in [0.3, 0.4) is 0 Å². The van der Waals surface area contributed by atoms with Gasteiger partial charge >= 0.3 is 0 Å². The summed E-state index contributed by atoms with van der Waals surface area (Å²) in [5.74, 6) is 0.833. The number of aliphatic imine (C=N–C) groups is 1. The van der Waals surface area contributed by atoms with Crippen molar-refractivity contribution in [1.82, 2.24) is 10.2 Å². The maximum atomic E-state index is 11.4. The van der Waals surface area contributed by atoms with E-state index < -0.39 is 10.0 Å². The molecule has 1 atom stereocenters. The van der Waals surface area contributed by atoms with Crippen LogP contribution in [0, 0.1) is 5.41 Å². The molecule has 7 nitrogen and oxygen atoms in total. The second-order valence-corrected chi connectivity index (χ2v) is 8.13. The number of halogens is 1. The molecule has 2 aliphatic rings. The molecule has 1 aromatic rings. The van der Waals surface area contributed by atoms with Crippen molar-refractivity contribution in [1.29, 1.82) is 0 Å². The number of sulfonamides is 1. The highest BCUT2D eigenvalue weighted by molar-refractivity contribution is 14.0. The van der Waals surface area contributed by atoms with Gasteiger partial charge in [0.15, 0.2) is 5.96 Å². The fourth-order valence-electron chi connectivity index (χ4n) is 3.43. The van der Waals surface area contributed by atoms with Gasteiger partial charge in [0.25, 0.3) is 0 Å². The SMILES string of the molecule is CN=C(NCc1cccc(S(N)(=O)=O)c1)N1CCC2(CCOC2)C1.I. The molecule has 0 aromatic heterocycles. The van der Waals surface area contributed by atoms with Crippen LogP contribution >= 0.6 is 24.0 Å². The van der Waals surface area contributed by atoms with Crippen molar-refractivity contribution in [2.24, 2.45) is 15.5 Å². The fraction of sp³-hybridized carbons (Fsp3) is 0.562. The van der Waals surface area contributed by atoms with Gasteiger partial charge in [-0.15, -0.1) is 24.0 Å². The number of nitrogens with two attached hydrogens (primary N) is 1. The third kappa shape index (κ3) is 4.83. The molecule has 1 spiro atoms. The Labute approximate surface area is 166 Å². The Kier molecular flexibility index (Phi) is 6.68. The van der Waals surface area contributed by atoms with Crippen LogP contribution in [0.4, 0.5) is 0 Å². The topological polar surface area (TPSA) is 97.0 Å². The first-order chi connectivity index (χ1) is 11.4. The average Bonchev–Trinajstić information content (AvgIpc) is 3.18.